The molecular weight excluding hydrogens is 614 g/mol. The molecule has 0 amide bonds. The van der Waals surface area contributed by atoms with E-state index < -0.39 is 5.97 Å². The van der Waals surface area contributed by atoms with Gasteiger partial charge in [0.2, 0.25) is 0 Å². The largest absolute Gasteiger partial charge is 0.478 e. The molecule has 0 radical (unpaired) electrons. The molecule has 0 saturated carbocycles. The first kappa shape index (κ1) is 33.1. The lowest BCUT2D eigenvalue weighted by Gasteiger charge is -2.39. The molecule has 3 heterocycles. The van der Waals surface area contributed by atoms with E-state index in [9.17, 15) is 9.90 Å². The van der Waals surface area contributed by atoms with Crippen molar-refractivity contribution in [2.75, 3.05) is 64.1 Å². The van der Waals surface area contributed by atoms with Crippen molar-refractivity contribution in [3.05, 3.63) is 94.6 Å². The zero-order valence-electron chi connectivity index (χ0n) is 27.3. The Bertz CT molecular complexity index is 1690. The molecule has 3 aromatic carbocycles. The standard InChI is InChI=1S/C34H36ClN3O3.C4H8O2/c1-34(2)13-11-25(30(21-34)23-3-5-26(35)6-4-23)22-37-15-17-38(18-16-37)27-7-9-29(33(39)40)32(20-27)41-28-8-10-31-24(19-28)12-14-36-31;1-2-6-4-3-5-1/h3-10,12,14,19-20,36H,11,13,15-18,21-22H2,1-2H3,(H,39,40);1-4H2. The van der Waals surface area contributed by atoms with Gasteiger partial charge >= 0.3 is 5.97 Å². The van der Waals surface area contributed by atoms with Crippen LogP contribution in [0.1, 0.15) is 49.0 Å². The third-order valence-corrected chi connectivity index (χ3v) is 9.47. The van der Waals surface area contributed by atoms with E-state index >= 15 is 0 Å². The fourth-order valence-corrected chi connectivity index (χ4v) is 6.65. The van der Waals surface area contributed by atoms with E-state index in [4.69, 9.17) is 25.8 Å². The number of piperazine rings is 1. The molecule has 2 N–H and O–H groups in total. The Balaban J connectivity index is 0.000000580. The van der Waals surface area contributed by atoms with Crippen LogP contribution in [0.5, 0.6) is 11.5 Å². The second kappa shape index (κ2) is 14.9. The summed E-state index contributed by atoms with van der Waals surface area (Å²) in [5.41, 5.74) is 6.75. The van der Waals surface area contributed by atoms with E-state index in [1.807, 2.05) is 54.7 Å². The summed E-state index contributed by atoms with van der Waals surface area (Å²) < 4.78 is 16.0. The summed E-state index contributed by atoms with van der Waals surface area (Å²) in [6, 6.07) is 21.4. The first-order valence-electron chi connectivity index (χ1n) is 16.5. The molecule has 0 bridgehead atoms. The summed E-state index contributed by atoms with van der Waals surface area (Å²) in [5.74, 6) is -0.0311. The Morgan fingerprint density at radius 2 is 1.66 bits per heavy atom. The fourth-order valence-electron chi connectivity index (χ4n) is 6.53. The van der Waals surface area contributed by atoms with Crippen LogP contribution in [0.2, 0.25) is 5.02 Å². The number of aromatic nitrogens is 1. The van der Waals surface area contributed by atoms with Gasteiger partial charge in [-0.25, -0.2) is 4.79 Å². The van der Waals surface area contributed by atoms with Crippen molar-refractivity contribution >= 4 is 39.7 Å². The number of ether oxygens (including phenoxy) is 3. The topological polar surface area (TPSA) is 87.3 Å². The third kappa shape index (κ3) is 8.56. The number of rotatable bonds is 7. The first-order chi connectivity index (χ1) is 22.7. The molecule has 9 heteroatoms. The van der Waals surface area contributed by atoms with E-state index in [-0.39, 0.29) is 5.56 Å². The number of aromatic amines is 1. The zero-order valence-corrected chi connectivity index (χ0v) is 28.0. The lowest BCUT2D eigenvalue weighted by Crippen LogP contribution is -2.47. The summed E-state index contributed by atoms with van der Waals surface area (Å²) in [6.45, 7) is 12.5. The Hall–Kier alpha value is -3.82. The minimum absolute atomic E-state index is 0.156. The first-order valence-corrected chi connectivity index (χ1v) is 16.8. The van der Waals surface area contributed by atoms with Crippen molar-refractivity contribution in [2.45, 2.75) is 33.1 Å². The van der Waals surface area contributed by atoms with Gasteiger partial charge in [-0.3, -0.25) is 4.90 Å². The monoisotopic (exact) mass is 657 g/mol. The highest BCUT2D eigenvalue weighted by Crippen LogP contribution is 2.43. The molecule has 47 heavy (non-hydrogen) atoms. The Labute approximate surface area is 281 Å². The zero-order chi connectivity index (χ0) is 32.8. The number of allylic oxidation sites excluding steroid dienone is 1. The molecule has 4 aromatic rings. The molecule has 0 atom stereocenters. The molecule has 7 rings (SSSR count). The minimum Gasteiger partial charge on any atom is -0.478 e. The van der Waals surface area contributed by atoms with E-state index in [2.05, 4.69) is 40.8 Å². The number of carboxylic acids is 1. The van der Waals surface area contributed by atoms with Crippen LogP contribution < -0.4 is 9.64 Å². The molecule has 2 saturated heterocycles. The van der Waals surface area contributed by atoms with Gasteiger partial charge in [-0.15, -0.1) is 0 Å². The van der Waals surface area contributed by atoms with Crippen LogP contribution in [-0.2, 0) is 9.47 Å². The smallest absolute Gasteiger partial charge is 0.339 e. The van der Waals surface area contributed by atoms with Gasteiger partial charge in [-0.2, -0.15) is 0 Å². The van der Waals surface area contributed by atoms with Gasteiger partial charge in [0, 0.05) is 66.6 Å². The normalized spacial score (nSPS) is 18.5. The van der Waals surface area contributed by atoms with Crippen LogP contribution in [0.25, 0.3) is 16.5 Å². The number of fused-ring (bicyclic) bond motifs is 1. The van der Waals surface area contributed by atoms with E-state index in [0.29, 0.717) is 16.9 Å². The average molecular weight is 658 g/mol. The number of halogens is 1. The van der Waals surface area contributed by atoms with E-state index in [1.54, 1.807) is 11.6 Å². The molecule has 3 aliphatic rings. The van der Waals surface area contributed by atoms with Crippen LogP contribution in [0, 0.1) is 5.41 Å². The second-order valence-electron chi connectivity index (χ2n) is 13.2. The number of anilines is 1. The van der Waals surface area contributed by atoms with Gasteiger partial charge in [-0.05, 0) is 84.3 Å². The molecule has 0 spiro atoms. The third-order valence-electron chi connectivity index (χ3n) is 9.22. The lowest BCUT2D eigenvalue weighted by atomic mass is 9.72. The maximum atomic E-state index is 12.0. The molecule has 2 fully saturated rings. The Morgan fingerprint density at radius 3 is 2.34 bits per heavy atom. The SMILES string of the molecule is C1COCCO1.CC1(C)CCC(CN2CCN(c3ccc(C(=O)O)c(Oc4ccc5[nH]ccc5c4)c3)CC2)=C(c2ccc(Cl)cc2)C1. The van der Waals surface area contributed by atoms with Crippen molar-refractivity contribution < 1.29 is 24.1 Å². The predicted octanol–water partition coefficient (Wildman–Crippen LogP) is 8.13. The van der Waals surface area contributed by atoms with Gasteiger partial charge in [0.1, 0.15) is 17.1 Å². The van der Waals surface area contributed by atoms with Crippen molar-refractivity contribution in [1.82, 2.24) is 9.88 Å². The van der Waals surface area contributed by atoms with E-state index in [1.165, 1.54) is 17.6 Å². The highest BCUT2D eigenvalue weighted by molar-refractivity contribution is 6.30. The molecule has 2 aliphatic heterocycles. The number of aromatic carboxylic acids is 1. The summed E-state index contributed by atoms with van der Waals surface area (Å²) in [4.78, 5) is 20.0. The Morgan fingerprint density at radius 1 is 0.936 bits per heavy atom. The van der Waals surface area contributed by atoms with Gasteiger partial charge in [0.05, 0.1) is 26.4 Å². The van der Waals surface area contributed by atoms with Gasteiger partial charge in [-0.1, -0.05) is 43.2 Å². The fraction of sp³-hybridized carbons (Fsp3) is 0.395. The summed E-state index contributed by atoms with van der Waals surface area (Å²) >= 11 is 6.19. The molecule has 0 unspecified atom stereocenters. The van der Waals surface area contributed by atoms with E-state index in [0.717, 1.165) is 93.6 Å². The predicted molar refractivity (Wildman–Crippen MR) is 188 cm³/mol. The number of hydrogen-bond donors (Lipinski definition) is 2. The summed E-state index contributed by atoms with van der Waals surface area (Å²) in [6.07, 6.45) is 5.29. The average Bonchev–Trinajstić information content (AvgIpc) is 3.55. The molecule has 1 aliphatic carbocycles. The molecule has 1 aromatic heterocycles. The number of carbonyl (C=O) groups is 1. The van der Waals surface area contributed by atoms with Crippen molar-refractivity contribution in [2.24, 2.45) is 5.41 Å². The van der Waals surface area contributed by atoms with Crippen LogP contribution in [0.3, 0.4) is 0 Å². The van der Waals surface area contributed by atoms with Gasteiger partial charge < -0.3 is 29.2 Å². The van der Waals surface area contributed by atoms with Crippen molar-refractivity contribution in [3.8, 4) is 11.5 Å². The van der Waals surface area contributed by atoms with Crippen LogP contribution >= 0.6 is 11.6 Å². The number of carboxylic acid groups (broad SMARTS) is 1. The number of hydrogen-bond acceptors (Lipinski definition) is 6. The maximum absolute atomic E-state index is 12.0. The van der Waals surface area contributed by atoms with Gasteiger partial charge in [0.15, 0.2) is 0 Å². The number of H-pyrrole nitrogens is 1. The van der Waals surface area contributed by atoms with Crippen LogP contribution in [-0.4, -0.2) is 80.1 Å². The highest BCUT2D eigenvalue weighted by Gasteiger charge is 2.29. The summed E-state index contributed by atoms with van der Waals surface area (Å²) in [5, 5.41) is 11.6. The van der Waals surface area contributed by atoms with Crippen LogP contribution in [0.15, 0.2) is 78.5 Å². The molecule has 248 valence electrons. The highest BCUT2D eigenvalue weighted by atomic mass is 35.5. The lowest BCUT2D eigenvalue weighted by molar-refractivity contribution is -0.0334. The number of benzene rings is 3. The van der Waals surface area contributed by atoms with Crippen molar-refractivity contribution in [1.29, 1.82) is 0 Å². The second-order valence-corrected chi connectivity index (χ2v) is 13.7. The maximum Gasteiger partial charge on any atom is 0.339 e. The molecule has 8 nitrogen and oxygen atoms in total. The quantitative estimate of drug-likeness (QED) is 0.208. The van der Waals surface area contributed by atoms with Crippen molar-refractivity contribution in [3.63, 3.8) is 0 Å². The van der Waals surface area contributed by atoms with Gasteiger partial charge in [0.25, 0.3) is 0 Å². The summed E-state index contributed by atoms with van der Waals surface area (Å²) in [7, 11) is 0. The number of nitrogens with zero attached hydrogens (tertiary/aromatic N) is 2. The molecular formula is C38H44ClN3O5. The Kier molecular flexibility index (Phi) is 10.5. The number of nitrogens with one attached hydrogen (secondary N) is 1. The van der Waals surface area contributed by atoms with Crippen LogP contribution in [0.4, 0.5) is 5.69 Å². The minimum atomic E-state index is -1.00.